The minimum atomic E-state index is 0.161. The van der Waals surface area contributed by atoms with Crippen molar-refractivity contribution >= 4 is 33.2 Å². The van der Waals surface area contributed by atoms with Gasteiger partial charge in [-0.05, 0) is 60.7 Å². The number of hydrogen-bond acceptors (Lipinski definition) is 7. The molecule has 0 saturated heterocycles. The molecule has 7 heteroatoms. The van der Waals surface area contributed by atoms with Crippen LogP contribution in [0.5, 0.6) is 11.5 Å². The van der Waals surface area contributed by atoms with Crippen molar-refractivity contribution in [3.05, 3.63) is 90.5 Å². The van der Waals surface area contributed by atoms with Crippen LogP contribution in [0.15, 0.2) is 79.1 Å². The van der Waals surface area contributed by atoms with Crippen LogP contribution in [0.3, 0.4) is 0 Å². The molecule has 5 rings (SSSR count). The summed E-state index contributed by atoms with van der Waals surface area (Å²) in [5, 5.41) is 28.6. The number of nitrogens with one attached hydrogen (secondary N) is 2. The maximum absolute atomic E-state index is 10.0. The molecule has 3 aromatic heterocycles. The Balaban J connectivity index is 0.00000133. The summed E-state index contributed by atoms with van der Waals surface area (Å²) in [7, 11) is 0. The van der Waals surface area contributed by atoms with Crippen molar-refractivity contribution in [2.24, 2.45) is 0 Å². The highest BCUT2D eigenvalue weighted by Gasteiger charge is 2.08. The summed E-state index contributed by atoms with van der Waals surface area (Å²) >= 11 is 0. The number of nitrogens with zero attached hydrogens (tertiary/aromatic N) is 3. The molecule has 0 amide bonds. The van der Waals surface area contributed by atoms with Crippen LogP contribution >= 0.6 is 0 Å². The van der Waals surface area contributed by atoms with E-state index in [-0.39, 0.29) is 11.5 Å². The van der Waals surface area contributed by atoms with Gasteiger partial charge in [0.15, 0.2) is 0 Å². The minimum Gasteiger partial charge on any atom is -0.506 e. The van der Waals surface area contributed by atoms with Gasteiger partial charge < -0.3 is 20.8 Å². The zero-order chi connectivity index (χ0) is 23.9. The fourth-order valence-corrected chi connectivity index (χ4v) is 3.72. The van der Waals surface area contributed by atoms with Crippen molar-refractivity contribution in [1.29, 1.82) is 0 Å². The smallest absolute Gasteiger partial charge is 0.141 e. The Bertz CT molecular complexity index is 1320. The van der Waals surface area contributed by atoms with Gasteiger partial charge in [-0.2, -0.15) is 0 Å². The Hall–Kier alpha value is -4.39. The SMILES string of the molecule is CC.Oc1ccc(NCc2cccc(CNc3ccc(O)c4ncccc34)n2)c2cccnc12. The standard InChI is InChI=1S/C25H21N5O2.C2H6/c31-22-10-8-20(18-6-2-12-26-24(18)22)28-14-16-4-1-5-17(30-16)15-29-21-9-11-23(32)25-19(21)7-3-13-27-25;1-2/h1-13,28-29,31-32H,14-15H2;1-2H3. The number of aromatic nitrogens is 3. The molecule has 3 heterocycles. The molecule has 0 aliphatic heterocycles. The number of phenolic OH excluding ortho intramolecular Hbond substituents is 2. The molecule has 0 radical (unpaired) electrons. The van der Waals surface area contributed by atoms with Gasteiger partial charge in [0.2, 0.25) is 0 Å². The van der Waals surface area contributed by atoms with Crippen LogP contribution in [0.4, 0.5) is 11.4 Å². The highest BCUT2D eigenvalue weighted by Crippen LogP contribution is 2.30. The van der Waals surface area contributed by atoms with Gasteiger partial charge in [0.1, 0.15) is 22.5 Å². The molecule has 4 N–H and O–H groups in total. The zero-order valence-corrected chi connectivity index (χ0v) is 19.2. The molecule has 7 nitrogen and oxygen atoms in total. The first kappa shape index (κ1) is 22.8. The van der Waals surface area contributed by atoms with Crippen LogP contribution in [0.25, 0.3) is 21.8 Å². The van der Waals surface area contributed by atoms with E-state index in [0.717, 1.165) is 33.5 Å². The van der Waals surface area contributed by atoms with Gasteiger partial charge in [-0.15, -0.1) is 0 Å². The monoisotopic (exact) mass is 453 g/mol. The Morgan fingerprint density at radius 1 is 0.618 bits per heavy atom. The summed E-state index contributed by atoms with van der Waals surface area (Å²) in [4.78, 5) is 13.3. The van der Waals surface area contributed by atoms with Crippen LogP contribution in [-0.4, -0.2) is 25.2 Å². The molecular weight excluding hydrogens is 426 g/mol. The number of anilines is 2. The van der Waals surface area contributed by atoms with Gasteiger partial charge >= 0.3 is 0 Å². The van der Waals surface area contributed by atoms with Crippen molar-refractivity contribution in [1.82, 2.24) is 15.0 Å². The predicted octanol–water partition coefficient (Wildman–Crippen LogP) is 5.84. The van der Waals surface area contributed by atoms with E-state index >= 15 is 0 Å². The average Bonchev–Trinajstić information content (AvgIpc) is 2.90. The Morgan fingerprint density at radius 2 is 1.09 bits per heavy atom. The molecule has 5 aromatic rings. The van der Waals surface area contributed by atoms with Crippen LogP contribution in [0.2, 0.25) is 0 Å². The number of fused-ring (bicyclic) bond motifs is 2. The van der Waals surface area contributed by atoms with E-state index in [1.165, 1.54) is 0 Å². The van der Waals surface area contributed by atoms with E-state index < -0.39 is 0 Å². The quantitative estimate of drug-likeness (QED) is 0.240. The average molecular weight is 454 g/mol. The largest absolute Gasteiger partial charge is 0.506 e. The molecular formula is C27H27N5O2. The lowest BCUT2D eigenvalue weighted by atomic mass is 10.1. The molecule has 34 heavy (non-hydrogen) atoms. The topological polar surface area (TPSA) is 103 Å². The van der Waals surface area contributed by atoms with Crippen LogP contribution < -0.4 is 10.6 Å². The molecule has 0 aliphatic carbocycles. The lowest BCUT2D eigenvalue weighted by Gasteiger charge is -2.12. The highest BCUT2D eigenvalue weighted by molar-refractivity contribution is 5.95. The van der Waals surface area contributed by atoms with E-state index in [1.54, 1.807) is 24.5 Å². The number of rotatable bonds is 6. The number of aromatic hydroxyl groups is 2. The molecule has 0 atom stereocenters. The van der Waals surface area contributed by atoms with E-state index in [1.807, 2.05) is 68.4 Å². The first-order valence-corrected chi connectivity index (χ1v) is 11.2. The minimum absolute atomic E-state index is 0.161. The van der Waals surface area contributed by atoms with Crippen molar-refractivity contribution in [3.63, 3.8) is 0 Å². The summed E-state index contributed by atoms with van der Waals surface area (Å²) in [6, 6.07) is 20.4. The fraction of sp³-hybridized carbons (Fsp3) is 0.148. The number of hydrogen-bond donors (Lipinski definition) is 4. The Labute approximate surface area is 198 Å². The van der Waals surface area contributed by atoms with E-state index in [9.17, 15) is 10.2 Å². The summed E-state index contributed by atoms with van der Waals surface area (Å²) in [5.74, 6) is 0.323. The summed E-state index contributed by atoms with van der Waals surface area (Å²) in [5.41, 5.74) is 4.70. The van der Waals surface area contributed by atoms with Crippen LogP contribution in [0.1, 0.15) is 25.2 Å². The maximum atomic E-state index is 10.0. The van der Waals surface area contributed by atoms with Crippen molar-refractivity contribution in [2.75, 3.05) is 10.6 Å². The highest BCUT2D eigenvalue weighted by atomic mass is 16.3. The third-order valence-electron chi connectivity index (χ3n) is 5.28. The van der Waals surface area contributed by atoms with Gasteiger partial charge in [0, 0.05) is 34.5 Å². The summed E-state index contributed by atoms with van der Waals surface area (Å²) in [6.45, 7) is 5.07. The molecule has 2 aromatic carbocycles. The third kappa shape index (κ3) is 4.83. The Morgan fingerprint density at radius 3 is 1.56 bits per heavy atom. The van der Waals surface area contributed by atoms with Gasteiger partial charge in [-0.1, -0.05) is 19.9 Å². The third-order valence-corrected chi connectivity index (χ3v) is 5.28. The molecule has 0 fully saturated rings. The van der Waals surface area contributed by atoms with Gasteiger partial charge in [0.25, 0.3) is 0 Å². The molecule has 0 unspecified atom stereocenters. The van der Waals surface area contributed by atoms with Gasteiger partial charge in [0.05, 0.1) is 24.5 Å². The summed E-state index contributed by atoms with van der Waals surface area (Å²) < 4.78 is 0. The van der Waals surface area contributed by atoms with Gasteiger partial charge in [-0.3, -0.25) is 15.0 Å². The first-order chi connectivity index (χ1) is 16.7. The predicted molar refractivity (Wildman–Crippen MR) is 137 cm³/mol. The molecule has 172 valence electrons. The van der Waals surface area contributed by atoms with Gasteiger partial charge in [-0.25, -0.2) is 0 Å². The second kappa shape index (κ2) is 10.5. The molecule has 0 saturated carbocycles. The Kier molecular flexibility index (Phi) is 7.03. The zero-order valence-electron chi connectivity index (χ0n) is 19.2. The van der Waals surface area contributed by atoms with E-state index in [0.29, 0.717) is 24.1 Å². The molecule has 0 aliphatic rings. The molecule has 0 bridgehead atoms. The summed E-state index contributed by atoms with van der Waals surface area (Å²) in [6.07, 6.45) is 3.33. The molecule has 0 spiro atoms. The number of benzene rings is 2. The van der Waals surface area contributed by atoms with Crippen molar-refractivity contribution in [3.8, 4) is 11.5 Å². The first-order valence-electron chi connectivity index (χ1n) is 11.2. The van der Waals surface area contributed by atoms with Crippen molar-refractivity contribution in [2.45, 2.75) is 26.9 Å². The van der Waals surface area contributed by atoms with Crippen LogP contribution in [0, 0.1) is 0 Å². The fourth-order valence-electron chi connectivity index (χ4n) is 3.72. The number of phenols is 2. The van der Waals surface area contributed by atoms with E-state index in [4.69, 9.17) is 4.98 Å². The van der Waals surface area contributed by atoms with Crippen LogP contribution in [-0.2, 0) is 13.1 Å². The van der Waals surface area contributed by atoms with E-state index in [2.05, 4.69) is 20.6 Å². The lowest BCUT2D eigenvalue weighted by molar-refractivity contribution is 0.480. The second-order valence-corrected chi connectivity index (χ2v) is 7.39. The lowest BCUT2D eigenvalue weighted by Crippen LogP contribution is -2.07. The normalized spacial score (nSPS) is 10.5. The number of pyridine rings is 3. The van der Waals surface area contributed by atoms with Crippen molar-refractivity contribution < 1.29 is 10.2 Å². The maximum Gasteiger partial charge on any atom is 0.141 e. The second-order valence-electron chi connectivity index (χ2n) is 7.39.